The van der Waals surface area contributed by atoms with Crippen LogP contribution in [-0.2, 0) is 16.3 Å². The van der Waals surface area contributed by atoms with Crippen LogP contribution in [0.4, 0.5) is 5.69 Å². The Bertz CT molecular complexity index is 1060. The first-order valence-corrected chi connectivity index (χ1v) is 10.4. The second-order valence-corrected chi connectivity index (χ2v) is 9.09. The number of hydrogen-bond donors (Lipinski definition) is 2. The Morgan fingerprint density at radius 2 is 2.04 bits per heavy atom. The zero-order valence-electron chi connectivity index (χ0n) is 14.7. The minimum absolute atomic E-state index is 0.0558. The maximum absolute atomic E-state index is 12.5. The van der Waals surface area contributed by atoms with Crippen molar-refractivity contribution in [3.05, 3.63) is 41.6 Å². The van der Waals surface area contributed by atoms with E-state index in [1.807, 2.05) is 24.3 Å². The maximum Gasteiger partial charge on any atom is 0.203 e. The number of aromatic amines is 1. The number of fused-ring (bicyclic) bond motifs is 2. The summed E-state index contributed by atoms with van der Waals surface area (Å²) in [6.45, 7) is 4.21. The van der Waals surface area contributed by atoms with E-state index in [1.165, 1.54) is 0 Å². The van der Waals surface area contributed by atoms with Crippen LogP contribution >= 0.6 is 0 Å². The smallest absolute Gasteiger partial charge is 0.203 e. The van der Waals surface area contributed by atoms with Crippen molar-refractivity contribution in [2.45, 2.75) is 37.6 Å². The number of sulfone groups is 1. The molecule has 1 aliphatic rings. The van der Waals surface area contributed by atoms with Crippen LogP contribution < -0.4 is 5.32 Å². The van der Waals surface area contributed by atoms with Gasteiger partial charge in [0, 0.05) is 6.20 Å². The van der Waals surface area contributed by atoms with Crippen molar-refractivity contribution in [2.24, 2.45) is 5.92 Å². The van der Waals surface area contributed by atoms with Gasteiger partial charge < -0.3 is 5.32 Å². The van der Waals surface area contributed by atoms with Crippen LogP contribution in [0, 0.1) is 5.92 Å². The van der Waals surface area contributed by atoms with Crippen molar-refractivity contribution in [3.8, 4) is 0 Å². The zero-order valence-corrected chi connectivity index (χ0v) is 15.5. The summed E-state index contributed by atoms with van der Waals surface area (Å²) < 4.78 is 24.9. The van der Waals surface area contributed by atoms with Crippen molar-refractivity contribution >= 4 is 26.7 Å². The van der Waals surface area contributed by atoms with Crippen molar-refractivity contribution in [1.82, 2.24) is 20.4 Å². The number of pyridine rings is 1. The lowest BCUT2D eigenvalue weighted by molar-refractivity contribution is 0.544. The van der Waals surface area contributed by atoms with E-state index in [2.05, 4.69) is 39.6 Å². The third-order valence-electron chi connectivity index (χ3n) is 4.84. The quantitative estimate of drug-likeness (QED) is 0.731. The summed E-state index contributed by atoms with van der Waals surface area (Å²) in [4.78, 5) is 4.66. The SMILES string of the molecule is CC(C)[C@@H](Nc1ccnc2n[nH]nc12)c1ccc2c(c1)S(=O)(=O)CCC2. The van der Waals surface area contributed by atoms with Gasteiger partial charge in [0.15, 0.2) is 15.4 Å². The van der Waals surface area contributed by atoms with Crippen molar-refractivity contribution in [3.63, 3.8) is 0 Å². The molecule has 3 heterocycles. The lowest BCUT2D eigenvalue weighted by atomic mass is 9.94. The van der Waals surface area contributed by atoms with Gasteiger partial charge in [0.2, 0.25) is 5.65 Å². The number of anilines is 1. The van der Waals surface area contributed by atoms with E-state index in [0.29, 0.717) is 22.5 Å². The largest absolute Gasteiger partial charge is 0.376 e. The number of rotatable bonds is 4. The average Bonchev–Trinajstić information content (AvgIpc) is 3.08. The molecule has 2 N–H and O–H groups in total. The van der Waals surface area contributed by atoms with Crippen LogP contribution in [0.1, 0.15) is 37.4 Å². The molecule has 2 aromatic heterocycles. The molecule has 7 nitrogen and oxygen atoms in total. The number of aromatic nitrogens is 4. The first-order valence-electron chi connectivity index (χ1n) is 8.73. The van der Waals surface area contributed by atoms with Gasteiger partial charge in [-0.2, -0.15) is 10.3 Å². The molecular weight excluding hydrogens is 350 g/mol. The van der Waals surface area contributed by atoms with Gasteiger partial charge >= 0.3 is 0 Å². The van der Waals surface area contributed by atoms with Gasteiger partial charge in [-0.1, -0.05) is 26.0 Å². The molecule has 0 saturated heterocycles. The molecule has 0 radical (unpaired) electrons. The Labute approximate surface area is 152 Å². The van der Waals surface area contributed by atoms with Gasteiger partial charge in [0.1, 0.15) is 0 Å². The molecule has 0 saturated carbocycles. The van der Waals surface area contributed by atoms with Crippen LogP contribution in [0.5, 0.6) is 0 Å². The molecule has 136 valence electrons. The van der Waals surface area contributed by atoms with Gasteiger partial charge in [-0.25, -0.2) is 13.4 Å². The van der Waals surface area contributed by atoms with Gasteiger partial charge in [0.05, 0.1) is 22.4 Å². The number of H-pyrrole nitrogens is 1. The Kier molecular flexibility index (Phi) is 4.14. The highest BCUT2D eigenvalue weighted by Crippen LogP contribution is 2.33. The molecule has 0 fully saturated rings. The molecule has 0 bridgehead atoms. The van der Waals surface area contributed by atoms with Crippen molar-refractivity contribution in [1.29, 1.82) is 0 Å². The van der Waals surface area contributed by atoms with Crippen molar-refractivity contribution < 1.29 is 8.42 Å². The monoisotopic (exact) mass is 371 g/mol. The highest BCUT2D eigenvalue weighted by atomic mass is 32.2. The molecule has 1 aliphatic heterocycles. The Hall–Kier alpha value is -2.48. The van der Waals surface area contributed by atoms with Crippen LogP contribution in [0.3, 0.4) is 0 Å². The van der Waals surface area contributed by atoms with Gasteiger partial charge in [0.25, 0.3) is 0 Å². The second kappa shape index (κ2) is 6.35. The highest BCUT2D eigenvalue weighted by Gasteiger charge is 2.26. The fourth-order valence-corrected chi connectivity index (χ4v) is 5.13. The summed E-state index contributed by atoms with van der Waals surface area (Å²) in [6, 6.07) is 7.62. The lowest BCUT2D eigenvalue weighted by Crippen LogP contribution is -2.20. The fourth-order valence-electron chi connectivity index (χ4n) is 3.50. The van der Waals surface area contributed by atoms with Gasteiger partial charge in [-0.15, -0.1) is 5.10 Å². The number of hydrogen-bond acceptors (Lipinski definition) is 6. The molecule has 1 atom stereocenters. The van der Waals surface area contributed by atoms with E-state index in [4.69, 9.17) is 0 Å². The molecular formula is C18H21N5O2S. The van der Waals surface area contributed by atoms with Crippen LogP contribution in [0.2, 0.25) is 0 Å². The summed E-state index contributed by atoms with van der Waals surface area (Å²) >= 11 is 0. The minimum atomic E-state index is -3.19. The molecule has 1 aromatic carbocycles. The van der Waals surface area contributed by atoms with E-state index in [-0.39, 0.29) is 17.7 Å². The molecule has 0 aliphatic carbocycles. The van der Waals surface area contributed by atoms with E-state index >= 15 is 0 Å². The maximum atomic E-state index is 12.5. The standard InChI is InChI=1S/C18H21N5O2S/c1-11(2)16(20-14-7-8-19-18-17(14)21-23-22-18)13-6-5-12-4-3-9-26(24,25)15(12)10-13/h5-8,10-11,16H,3-4,9H2,1-2H3,(H2,19,20,21,22,23)/t16-/m1/s1. The topological polar surface area (TPSA) is 101 Å². The van der Waals surface area contributed by atoms with E-state index in [9.17, 15) is 8.42 Å². The average molecular weight is 371 g/mol. The summed E-state index contributed by atoms with van der Waals surface area (Å²) in [5, 5.41) is 14.3. The number of benzene rings is 1. The summed E-state index contributed by atoms with van der Waals surface area (Å²) in [7, 11) is -3.19. The van der Waals surface area contributed by atoms with Gasteiger partial charge in [-0.05, 0) is 42.0 Å². The second-order valence-electron chi connectivity index (χ2n) is 7.01. The van der Waals surface area contributed by atoms with E-state index < -0.39 is 9.84 Å². The third-order valence-corrected chi connectivity index (χ3v) is 6.72. The Morgan fingerprint density at radius 1 is 1.19 bits per heavy atom. The van der Waals surface area contributed by atoms with E-state index in [1.54, 1.807) is 6.20 Å². The minimum Gasteiger partial charge on any atom is -0.376 e. The highest BCUT2D eigenvalue weighted by molar-refractivity contribution is 7.91. The van der Waals surface area contributed by atoms with Crippen LogP contribution in [0.15, 0.2) is 35.4 Å². The number of nitrogens with zero attached hydrogens (tertiary/aromatic N) is 3. The first kappa shape index (κ1) is 17.0. The van der Waals surface area contributed by atoms with E-state index in [0.717, 1.165) is 23.2 Å². The molecule has 0 unspecified atom stereocenters. The molecule has 8 heteroatoms. The predicted octanol–water partition coefficient (Wildman–Crippen LogP) is 2.88. The third kappa shape index (κ3) is 2.94. The molecule has 0 spiro atoms. The molecule has 3 aromatic rings. The molecule has 0 amide bonds. The molecule has 26 heavy (non-hydrogen) atoms. The first-order chi connectivity index (χ1) is 12.5. The number of aryl methyl sites for hydroxylation is 1. The summed E-state index contributed by atoms with van der Waals surface area (Å²) in [5.74, 6) is 0.474. The van der Waals surface area contributed by atoms with Crippen molar-refractivity contribution in [2.75, 3.05) is 11.1 Å². The van der Waals surface area contributed by atoms with Crippen LogP contribution in [-0.4, -0.2) is 34.6 Å². The molecule has 4 rings (SSSR count). The van der Waals surface area contributed by atoms with Crippen LogP contribution in [0.25, 0.3) is 11.2 Å². The number of nitrogens with one attached hydrogen (secondary N) is 2. The fraction of sp³-hybridized carbons (Fsp3) is 0.389. The summed E-state index contributed by atoms with van der Waals surface area (Å²) in [6.07, 6.45) is 3.20. The zero-order chi connectivity index (χ0) is 18.3. The Balaban J connectivity index is 1.75. The normalized spacial score (nSPS) is 17.2. The predicted molar refractivity (Wildman–Crippen MR) is 99.7 cm³/mol. The lowest BCUT2D eigenvalue weighted by Gasteiger charge is -2.26. The van der Waals surface area contributed by atoms with Gasteiger partial charge in [-0.3, -0.25) is 0 Å². The Morgan fingerprint density at radius 3 is 2.85 bits per heavy atom. The summed E-state index contributed by atoms with van der Waals surface area (Å²) in [5.41, 5.74) is 3.92.